The Kier molecular flexibility index (Phi) is 49.6. The van der Waals surface area contributed by atoms with Crippen molar-refractivity contribution in [2.45, 2.75) is 315 Å². The minimum Gasteiger partial charge on any atom is -0.756 e. The molecule has 3 unspecified atom stereocenters. The van der Waals surface area contributed by atoms with Crippen molar-refractivity contribution in [1.82, 2.24) is 5.32 Å². The highest BCUT2D eigenvalue weighted by atomic mass is 31.2. The normalized spacial score (nSPS) is 14.0. The maximum absolute atomic E-state index is 13.0. The smallest absolute Gasteiger partial charge is 0.268 e. The Balaban J connectivity index is 4.15. The summed E-state index contributed by atoms with van der Waals surface area (Å²) in [6.07, 6.45) is 61.0. The van der Waals surface area contributed by atoms with Gasteiger partial charge in [-0.15, -0.1) is 0 Å². The van der Waals surface area contributed by atoms with Gasteiger partial charge in [-0.05, 0) is 38.5 Å². The SMILES string of the molecule is CCCCCCCCCCCCC/C=C\CCCCCCCCCC(=O)NC(COP(=O)([O-])OCC[N+](C)(C)C)C(O)CCCCCCCCCCCCCCCCCCCCCCCCC. The van der Waals surface area contributed by atoms with E-state index in [1.165, 1.54) is 238 Å². The number of phosphoric ester groups is 1. The van der Waals surface area contributed by atoms with Crippen LogP contribution in [0.25, 0.3) is 0 Å². The van der Waals surface area contributed by atoms with Gasteiger partial charge in [0.15, 0.2) is 0 Å². The molecule has 0 aliphatic carbocycles. The van der Waals surface area contributed by atoms with E-state index in [0.29, 0.717) is 23.9 Å². The van der Waals surface area contributed by atoms with Gasteiger partial charge in [0.2, 0.25) is 5.91 Å². The number of hydrogen-bond donors (Lipinski definition) is 2. The molecular weight excluding hydrogens is 852 g/mol. The monoisotopic (exact) mass is 969 g/mol. The van der Waals surface area contributed by atoms with Crippen LogP contribution in [0.5, 0.6) is 0 Å². The van der Waals surface area contributed by atoms with Crippen LogP contribution in [0.4, 0.5) is 0 Å². The Morgan fingerprint density at radius 3 is 1.16 bits per heavy atom. The first-order valence-corrected chi connectivity index (χ1v) is 31.0. The van der Waals surface area contributed by atoms with Crippen molar-refractivity contribution in [3.8, 4) is 0 Å². The van der Waals surface area contributed by atoms with E-state index in [2.05, 4.69) is 31.3 Å². The van der Waals surface area contributed by atoms with Gasteiger partial charge in [-0.1, -0.05) is 270 Å². The average Bonchev–Trinajstić information content (AvgIpc) is 3.29. The van der Waals surface area contributed by atoms with E-state index in [-0.39, 0.29) is 19.1 Å². The highest BCUT2D eigenvalue weighted by Crippen LogP contribution is 2.38. The maximum atomic E-state index is 13.0. The lowest BCUT2D eigenvalue weighted by Gasteiger charge is -2.30. The Morgan fingerprint density at radius 1 is 0.507 bits per heavy atom. The molecule has 0 fully saturated rings. The first-order valence-electron chi connectivity index (χ1n) is 29.5. The third-order valence-corrected chi connectivity index (χ3v) is 14.7. The Labute approximate surface area is 418 Å². The summed E-state index contributed by atoms with van der Waals surface area (Å²) in [6.45, 7) is 4.77. The van der Waals surface area contributed by atoms with Crippen molar-refractivity contribution in [1.29, 1.82) is 0 Å². The standard InChI is InChI=1S/C58H117N2O6P/c1-6-8-10-12-14-16-18-20-22-24-26-28-30-31-33-35-37-39-41-43-45-47-49-51-57(61)56(55-66-67(63,64)65-54-53-60(3,4)5)59-58(62)52-50-48-46-44-42-40-38-36-34-32-29-27-25-23-21-19-17-15-13-11-9-7-2/h32,34,56-57,61H,6-31,33,35-55H2,1-5H3,(H-,59,62,63,64)/b34-32-. The summed E-state index contributed by atoms with van der Waals surface area (Å²) in [7, 11) is 1.32. The molecule has 0 aliphatic heterocycles. The molecule has 0 aliphatic rings. The van der Waals surface area contributed by atoms with Gasteiger partial charge in [0.1, 0.15) is 13.2 Å². The third-order valence-electron chi connectivity index (χ3n) is 13.8. The van der Waals surface area contributed by atoms with E-state index < -0.39 is 20.0 Å². The number of nitrogens with one attached hydrogen (secondary N) is 1. The number of nitrogens with zero attached hydrogens (tertiary/aromatic N) is 1. The number of carbonyl (C=O) groups excluding carboxylic acids is 1. The lowest BCUT2D eigenvalue weighted by molar-refractivity contribution is -0.870. The fourth-order valence-electron chi connectivity index (χ4n) is 9.10. The summed E-state index contributed by atoms with van der Waals surface area (Å²) in [5, 5.41) is 14.0. The predicted octanol–water partition coefficient (Wildman–Crippen LogP) is 17.2. The highest BCUT2D eigenvalue weighted by Gasteiger charge is 2.24. The molecule has 67 heavy (non-hydrogen) atoms. The molecule has 0 rings (SSSR count). The van der Waals surface area contributed by atoms with Gasteiger partial charge >= 0.3 is 0 Å². The summed E-state index contributed by atoms with van der Waals surface area (Å²) in [5.41, 5.74) is 0. The van der Waals surface area contributed by atoms with E-state index >= 15 is 0 Å². The topological polar surface area (TPSA) is 108 Å². The molecule has 400 valence electrons. The Hall–Kier alpha value is -0.760. The van der Waals surface area contributed by atoms with Gasteiger partial charge in [0.05, 0.1) is 39.9 Å². The molecular formula is C58H117N2O6P. The molecule has 3 atom stereocenters. The first-order chi connectivity index (χ1) is 32.5. The molecule has 2 N–H and O–H groups in total. The first kappa shape index (κ1) is 66.2. The average molecular weight is 970 g/mol. The van der Waals surface area contributed by atoms with Gasteiger partial charge in [0.25, 0.3) is 7.82 Å². The molecule has 0 aromatic carbocycles. The van der Waals surface area contributed by atoms with E-state index in [1.54, 1.807) is 0 Å². The lowest BCUT2D eigenvalue weighted by Crippen LogP contribution is -2.46. The summed E-state index contributed by atoms with van der Waals surface area (Å²) in [5.74, 6) is -0.163. The number of quaternary nitrogens is 1. The van der Waals surface area contributed by atoms with Crippen molar-refractivity contribution < 1.29 is 32.9 Å². The quantitative estimate of drug-likeness (QED) is 0.0272. The zero-order chi connectivity index (χ0) is 49.2. The number of aliphatic hydroxyl groups excluding tert-OH is 1. The van der Waals surface area contributed by atoms with Gasteiger partial charge in [-0.2, -0.15) is 0 Å². The Bertz CT molecular complexity index is 1100. The fourth-order valence-corrected chi connectivity index (χ4v) is 9.82. The number of carbonyl (C=O) groups is 1. The predicted molar refractivity (Wildman–Crippen MR) is 289 cm³/mol. The number of amides is 1. The number of aliphatic hydroxyl groups is 1. The minimum absolute atomic E-state index is 0.0138. The Morgan fingerprint density at radius 2 is 0.821 bits per heavy atom. The summed E-state index contributed by atoms with van der Waals surface area (Å²) in [4.78, 5) is 25.5. The molecule has 8 nitrogen and oxygen atoms in total. The van der Waals surface area contributed by atoms with Crippen molar-refractivity contribution >= 4 is 13.7 Å². The van der Waals surface area contributed by atoms with E-state index in [4.69, 9.17) is 9.05 Å². The van der Waals surface area contributed by atoms with Gasteiger partial charge in [-0.25, -0.2) is 0 Å². The number of allylic oxidation sites excluding steroid dienone is 2. The molecule has 1 amide bonds. The fraction of sp³-hybridized carbons (Fsp3) is 0.948. The molecule has 0 radical (unpaired) electrons. The maximum Gasteiger partial charge on any atom is 0.268 e. The van der Waals surface area contributed by atoms with Crippen LogP contribution in [0.15, 0.2) is 12.2 Å². The second-order valence-electron chi connectivity index (χ2n) is 21.7. The molecule has 0 saturated carbocycles. The van der Waals surface area contributed by atoms with Gasteiger partial charge in [0, 0.05) is 6.42 Å². The van der Waals surface area contributed by atoms with Crippen LogP contribution in [0.2, 0.25) is 0 Å². The van der Waals surface area contributed by atoms with Gasteiger partial charge < -0.3 is 28.8 Å². The summed E-state index contributed by atoms with van der Waals surface area (Å²) < 4.78 is 23.4. The van der Waals surface area contributed by atoms with Crippen LogP contribution < -0.4 is 10.2 Å². The molecule has 0 aromatic heterocycles. The van der Waals surface area contributed by atoms with Crippen molar-refractivity contribution in [3.63, 3.8) is 0 Å². The van der Waals surface area contributed by atoms with Crippen LogP contribution in [0.3, 0.4) is 0 Å². The van der Waals surface area contributed by atoms with Crippen molar-refractivity contribution in [3.05, 3.63) is 12.2 Å². The van der Waals surface area contributed by atoms with Crippen LogP contribution >= 0.6 is 7.82 Å². The van der Waals surface area contributed by atoms with Crippen LogP contribution in [-0.2, 0) is 18.4 Å². The minimum atomic E-state index is -4.57. The highest BCUT2D eigenvalue weighted by molar-refractivity contribution is 7.45. The second kappa shape index (κ2) is 50.2. The zero-order valence-electron chi connectivity index (χ0n) is 45.6. The van der Waals surface area contributed by atoms with Crippen molar-refractivity contribution in [2.75, 3.05) is 40.9 Å². The van der Waals surface area contributed by atoms with E-state index in [1.807, 2.05) is 21.1 Å². The summed E-state index contributed by atoms with van der Waals surface area (Å²) in [6, 6.07) is -0.801. The third kappa shape index (κ3) is 52.9. The largest absolute Gasteiger partial charge is 0.756 e. The van der Waals surface area contributed by atoms with Crippen LogP contribution in [0.1, 0.15) is 303 Å². The zero-order valence-corrected chi connectivity index (χ0v) is 46.5. The van der Waals surface area contributed by atoms with Crippen molar-refractivity contribution in [2.24, 2.45) is 0 Å². The number of phosphoric acid groups is 1. The van der Waals surface area contributed by atoms with Crippen LogP contribution in [0, 0.1) is 0 Å². The second-order valence-corrected chi connectivity index (χ2v) is 23.1. The molecule has 0 bridgehead atoms. The van der Waals surface area contributed by atoms with Crippen LogP contribution in [-0.4, -0.2) is 68.5 Å². The number of likely N-dealkylation sites (N-methyl/N-ethyl adjacent to an activating group) is 1. The van der Waals surface area contributed by atoms with E-state index in [9.17, 15) is 19.4 Å². The van der Waals surface area contributed by atoms with E-state index in [0.717, 1.165) is 38.5 Å². The molecule has 9 heteroatoms. The molecule has 0 spiro atoms. The molecule has 0 heterocycles. The molecule has 0 saturated heterocycles. The van der Waals surface area contributed by atoms with Gasteiger partial charge in [-0.3, -0.25) is 9.36 Å². The lowest BCUT2D eigenvalue weighted by atomic mass is 10.0. The summed E-state index contributed by atoms with van der Waals surface area (Å²) >= 11 is 0. The number of rotatable bonds is 55. The number of hydrogen-bond acceptors (Lipinski definition) is 6. The molecule has 0 aromatic rings. The number of unbranched alkanes of at least 4 members (excludes halogenated alkanes) is 40.